The van der Waals surface area contributed by atoms with Crippen LogP contribution in [0, 0.1) is 17.0 Å². The molecule has 0 N–H and O–H groups in total. The number of halogens is 2. The molecule has 104 valence electrons. The molecule has 2 aromatic rings. The van der Waals surface area contributed by atoms with Gasteiger partial charge in [0, 0.05) is 5.02 Å². The SMILES string of the molecule is Cc1nc(Cl)nc(OCc2cccc(Cl)c2)c1[N+](=O)[O-]. The summed E-state index contributed by atoms with van der Waals surface area (Å²) >= 11 is 11.5. The third-order valence-electron chi connectivity index (χ3n) is 2.45. The minimum Gasteiger partial charge on any atom is -0.468 e. The summed E-state index contributed by atoms with van der Waals surface area (Å²) in [5.74, 6) is -0.160. The van der Waals surface area contributed by atoms with Gasteiger partial charge in [-0.1, -0.05) is 23.7 Å². The van der Waals surface area contributed by atoms with Gasteiger partial charge in [0.25, 0.3) is 5.88 Å². The number of ether oxygens (including phenoxy) is 1. The first-order valence-corrected chi connectivity index (χ1v) is 6.28. The highest BCUT2D eigenvalue weighted by Gasteiger charge is 2.23. The topological polar surface area (TPSA) is 78.2 Å². The predicted octanol–water partition coefficient (Wildman–Crippen LogP) is 3.58. The van der Waals surface area contributed by atoms with Crippen molar-refractivity contribution in [3.63, 3.8) is 0 Å². The van der Waals surface area contributed by atoms with Gasteiger partial charge in [-0.3, -0.25) is 10.1 Å². The van der Waals surface area contributed by atoms with Gasteiger partial charge in [0.05, 0.1) is 4.92 Å². The molecule has 0 saturated heterocycles. The van der Waals surface area contributed by atoms with Crippen molar-refractivity contribution in [2.75, 3.05) is 0 Å². The number of aryl methyl sites for hydroxylation is 1. The fourth-order valence-electron chi connectivity index (χ4n) is 1.60. The van der Waals surface area contributed by atoms with Gasteiger partial charge in [-0.25, -0.2) is 4.98 Å². The van der Waals surface area contributed by atoms with Crippen LogP contribution < -0.4 is 4.74 Å². The van der Waals surface area contributed by atoms with Crippen LogP contribution in [0.25, 0.3) is 0 Å². The molecule has 0 unspecified atom stereocenters. The second-order valence-corrected chi connectivity index (χ2v) is 4.68. The lowest BCUT2D eigenvalue weighted by atomic mass is 10.2. The first-order valence-electron chi connectivity index (χ1n) is 5.53. The molecule has 0 aliphatic carbocycles. The third-order valence-corrected chi connectivity index (χ3v) is 2.85. The van der Waals surface area contributed by atoms with Gasteiger partial charge < -0.3 is 4.74 Å². The van der Waals surface area contributed by atoms with Gasteiger partial charge in [-0.05, 0) is 36.2 Å². The van der Waals surface area contributed by atoms with Gasteiger partial charge in [0.1, 0.15) is 12.3 Å². The molecule has 1 aromatic heterocycles. The Morgan fingerprint density at radius 3 is 2.75 bits per heavy atom. The summed E-state index contributed by atoms with van der Waals surface area (Å²) in [5, 5.41) is 11.5. The standard InChI is InChI=1S/C12H9Cl2N3O3/c1-7-10(17(18)19)11(16-12(14)15-7)20-6-8-3-2-4-9(13)5-8/h2-5H,6H2,1H3. The Labute approximate surface area is 124 Å². The number of hydrogen-bond acceptors (Lipinski definition) is 5. The Bertz CT molecular complexity index is 664. The molecule has 0 fully saturated rings. The normalized spacial score (nSPS) is 10.3. The van der Waals surface area contributed by atoms with Crippen LogP contribution in [-0.2, 0) is 6.61 Å². The summed E-state index contributed by atoms with van der Waals surface area (Å²) in [4.78, 5) is 17.9. The van der Waals surface area contributed by atoms with Crippen molar-refractivity contribution < 1.29 is 9.66 Å². The van der Waals surface area contributed by atoms with Crippen molar-refractivity contribution >= 4 is 28.9 Å². The molecule has 0 amide bonds. The average Bonchev–Trinajstić information content (AvgIpc) is 2.35. The van der Waals surface area contributed by atoms with Gasteiger partial charge >= 0.3 is 5.69 Å². The molecule has 20 heavy (non-hydrogen) atoms. The van der Waals surface area contributed by atoms with Crippen molar-refractivity contribution in [2.24, 2.45) is 0 Å². The molecule has 0 atom stereocenters. The van der Waals surface area contributed by atoms with E-state index in [2.05, 4.69) is 9.97 Å². The molecule has 0 spiro atoms. The monoisotopic (exact) mass is 313 g/mol. The van der Waals surface area contributed by atoms with E-state index in [1.807, 2.05) is 0 Å². The van der Waals surface area contributed by atoms with Crippen LogP contribution in [0.15, 0.2) is 24.3 Å². The fraction of sp³-hybridized carbons (Fsp3) is 0.167. The molecule has 0 aliphatic heterocycles. The van der Waals surface area contributed by atoms with Crippen molar-refractivity contribution in [3.8, 4) is 5.88 Å². The molecule has 8 heteroatoms. The van der Waals surface area contributed by atoms with Crippen molar-refractivity contribution in [3.05, 3.63) is 55.9 Å². The minimum absolute atomic E-state index is 0.0915. The fourth-order valence-corrected chi connectivity index (χ4v) is 2.01. The van der Waals surface area contributed by atoms with E-state index in [4.69, 9.17) is 27.9 Å². The number of nitrogens with zero attached hydrogens (tertiary/aromatic N) is 3. The number of rotatable bonds is 4. The Balaban J connectivity index is 2.27. The average molecular weight is 314 g/mol. The maximum Gasteiger partial charge on any atom is 0.352 e. The zero-order valence-corrected chi connectivity index (χ0v) is 11.9. The molecule has 2 rings (SSSR count). The summed E-state index contributed by atoms with van der Waals surface area (Å²) in [6.45, 7) is 1.56. The lowest BCUT2D eigenvalue weighted by molar-refractivity contribution is -0.387. The van der Waals surface area contributed by atoms with Gasteiger partial charge in [0.15, 0.2) is 0 Å². The second-order valence-electron chi connectivity index (χ2n) is 3.91. The van der Waals surface area contributed by atoms with E-state index in [-0.39, 0.29) is 29.2 Å². The Morgan fingerprint density at radius 1 is 1.35 bits per heavy atom. The number of benzene rings is 1. The maximum atomic E-state index is 11.0. The molecular weight excluding hydrogens is 305 g/mol. The second kappa shape index (κ2) is 6.02. The molecule has 6 nitrogen and oxygen atoms in total. The quantitative estimate of drug-likeness (QED) is 0.489. The number of nitro groups is 1. The highest BCUT2D eigenvalue weighted by atomic mass is 35.5. The Morgan fingerprint density at radius 2 is 2.10 bits per heavy atom. The van der Waals surface area contributed by atoms with Crippen LogP contribution in [0.3, 0.4) is 0 Å². The van der Waals surface area contributed by atoms with E-state index in [0.29, 0.717) is 5.02 Å². The number of hydrogen-bond donors (Lipinski definition) is 0. The Kier molecular flexibility index (Phi) is 4.36. The molecule has 0 aliphatic rings. The smallest absolute Gasteiger partial charge is 0.352 e. The minimum atomic E-state index is -0.598. The summed E-state index contributed by atoms with van der Waals surface area (Å²) in [5.41, 5.74) is 0.617. The lowest BCUT2D eigenvalue weighted by Gasteiger charge is -2.07. The van der Waals surface area contributed by atoms with Crippen LogP contribution >= 0.6 is 23.2 Å². The van der Waals surface area contributed by atoms with Crippen LogP contribution in [0.5, 0.6) is 5.88 Å². The zero-order chi connectivity index (χ0) is 14.7. The summed E-state index contributed by atoms with van der Waals surface area (Å²) in [6, 6.07) is 6.96. The first-order chi connectivity index (χ1) is 9.47. The van der Waals surface area contributed by atoms with Crippen LogP contribution in [-0.4, -0.2) is 14.9 Å². The molecular formula is C12H9Cl2N3O3. The highest BCUT2D eigenvalue weighted by molar-refractivity contribution is 6.30. The first kappa shape index (κ1) is 14.5. The molecule has 0 bridgehead atoms. The van der Waals surface area contributed by atoms with Crippen molar-refractivity contribution in [1.82, 2.24) is 9.97 Å². The van der Waals surface area contributed by atoms with Gasteiger partial charge in [-0.2, -0.15) is 4.98 Å². The third kappa shape index (κ3) is 3.34. The maximum absolute atomic E-state index is 11.0. The zero-order valence-electron chi connectivity index (χ0n) is 10.3. The highest BCUT2D eigenvalue weighted by Crippen LogP contribution is 2.29. The predicted molar refractivity (Wildman–Crippen MR) is 74.2 cm³/mol. The molecule has 1 aromatic carbocycles. The van der Waals surface area contributed by atoms with Gasteiger partial charge in [-0.15, -0.1) is 0 Å². The van der Waals surface area contributed by atoms with Crippen LogP contribution in [0.1, 0.15) is 11.3 Å². The van der Waals surface area contributed by atoms with Crippen molar-refractivity contribution in [1.29, 1.82) is 0 Å². The van der Waals surface area contributed by atoms with Gasteiger partial charge in [0.2, 0.25) is 5.28 Å². The molecule has 1 heterocycles. The largest absolute Gasteiger partial charge is 0.468 e. The summed E-state index contributed by atoms with van der Waals surface area (Å²) < 4.78 is 5.37. The van der Waals surface area contributed by atoms with E-state index >= 15 is 0 Å². The van der Waals surface area contributed by atoms with Crippen LogP contribution in [0.4, 0.5) is 5.69 Å². The van der Waals surface area contributed by atoms with Crippen molar-refractivity contribution in [2.45, 2.75) is 13.5 Å². The van der Waals surface area contributed by atoms with E-state index in [9.17, 15) is 10.1 Å². The van der Waals surface area contributed by atoms with E-state index in [0.717, 1.165) is 5.56 Å². The van der Waals surface area contributed by atoms with E-state index in [1.54, 1.807) is 24.3 Å². The summed E-state index contributed by atoms with van der Waals surface area (Å²) in [7, 11) is 0. The lowest BCUT2D eigenvalue weighted by Crippen LogP contribution is -2.04. The van der Waals surface area contributed by atoms with E-state index in [1.165, 1.54) is 6.92 Å². The van der Waals surface area contributed by atoms with Crippen LogP contribution in [0.2, 0.25) is 10.3 Å². The van der Waals surface area contributed by atoms with E-state index < -0.39 is 4.92 Å². The number of aromatic nitrogens is 2. The summed E-state index contributed by atoms with van der Waals surface area (Å²) in [6.07, 6.45) is 0. The molecule has 0 radical (unpaired) electrons. The Hall–Kier alpha value is -1.92. The molecule has 0 saturated carbocycles.